The molecule has 18 heavy (non-hydrogen) atoms. The van der Waals surface area contributed by atoms with E-state index >= 15 is 0 Å². The number of nitrogens with one attached hydrogen (secondary N) is 1. The van der Waals surface area contributed by atoms with Gasteiger partial charge in [-0.3, -0.25) is 4.79 Å². The monoisotopic (exact) mass is 283 g/mol. The highest BCUT2D eigenvalue weighted by molar-refractivity contribution is 5.85. The first-order valence-electron chi connectivity index (χ1n) is 5.10. The molecular formula is C8H18ClN5O4. The first-order valence-corrected chi connectivity index (χ1v) is 5.10. The molecule has 0 radical (unpaired) electrons. The molecule has 0 amide bonds. The summed E-state index contributed by atoms with van der Waals surface area (Å²) in [6.45, 7) is 2.23. The van der Waals surface area contributed by atoms with Crippen molar-refractivity contribution in [3.8, 4) is 0 Å². The van der Waals surface area contributed by atoms with Crippen molar-refractivity contribution in [2.75, 3.05) is 13.2 Å². The number of nitro groups is 1. The molecule has 106 valence electrons. The second-order valence-corrected chi connectivity index (χ2v) is 3.14. The van der Waals surface area contributed by atoms with Gasteiger partial charge in [0.2, 0.25) is 0 Å². The van der Waals surface area contributed by atoms with E-state index in [0.29, 0.717) is 12.8 Å². The van der Waals surface area contributed by atoms with Crippen molar-refractivity contribution in [3.05, 3.63) is 10.1 Å². The molecule has 0 spiro atoms. The van der Waals surface area contributed by atoms with Crippen LogP contribution in [0.1, 0.15) is 19.8 Å². The molecule has 0 bridgehead atoms. The minimum absolute atomic E-state index is 0. The number of rotatable bonds is 7. The Hall–Kier alpha value is -1.61. The number of ether oxygens (including phenoxy) is 1. The summed E-state index contributed by atoms with van der Waals surface area (Å²) in [4.78, 5) is 24.7. The Balaban J connectivity index is 0. The average Bonchev–Trinajstić information content (AvgIpc) is 2.23. The van der Waals surface area contributed by atoms with Crippen LogP contribution in [-0.2, 0) is 9.53 Å². The van der Waals surface area contributed by atoms with Crippen LogP contribution in [0.4, 0.5) is 0 Å². The molecule has 5 N–H and O–H groups in total. The number of halogens is 1. The Labute approximate surface area is 110 Å². The first-order chi connectivity index (χ1) is 7.97. The zero-order valence-corrected chi connectivity index (χ0v) is 10.8. The molecule has 0 aliphatic rings. The lowest BCUT2D eigenvalue weighted by molar-refractivity contribution is -0.525. The molecular weight excluding hydrogens is 266 g/mol. The van der Waals surface area contributed by atoms with Crippen molar-refractivity contribution in [1.82, 2.24) is 5.43 Å². The van der Waals surface area contributed by atoms with Gasteiger partial charge in [0.25, 0.3) is 5.96 Å². The number of carbonyl (C=O) groups is 1. The minimum atomic E-state index is -0.802. The number of nitrogens with two attached hydrogens (primary N) is 2. The Kier molecular flexibility index (Phi) is 11.0. The van der Waals surface area contributed by atoms with Crippen molar-refractivity contribution < 1.29 is 14.6 Å². The number of esters is 1. The third-order valence-electron chi connectivity index (χ3n) is 1.75. The Bertz CT molecular complexity index is 299. The summed E-state index contributed by atoms with van der Waals surface area (Å²) in [6, 6.07) is -0.699. The number of hydrazine groups is 1. The van der Waals surface area contributed by atoms with Gasteiger partial charge in [-0.15, -0.1) is 12.4 Å². The maximum atomic E-state index is 11.1. The fourth-order valence-corrected chi connectivity index (χ4v) is 1.01. The SMILES string of the molecule is CCOC(=O)[C@@H](N)CCCN=C(N)N[N+](=O)[O-].Cl. The van der Waals surface area contributed by atoms with Crippen LogP contribution < -0.4 is 16.9 Å². The molecule has 0 aromatic rings. The lowest BCUT2D eigenvalue weighted by Gasteiger charge is -2.08. The van der Waals surface area contributed by atoms with E-state index in [2.05, 4.69) is 4.99 Å². The van der Waals surface area contributed by atoms with Crippen LogP contribution in [0.25, 0.3) is 0 Å². The minimum Gasteiger partial charge on any atom is -0.465 e. The number of hydrogen-bond donors (Lipinski definition) is 3. The molecule has 0 aliphatic carbocycles. The molecule has 9 nitrogen and oxygen atoms in total. The van der Waals surface area contributed by atoms with Gasteiger partial charge in [0.05, 0.1) is 6.61 Å². The standard InChI is InChI=1S/C8H17N5O4.ClH/c1-2-17-7(14)6(9)4-3-5-11-8(10)12-13(15)16;/h6H,2-5,9H2,1H3,(H3,10,11,12);1H/t6-;/m0./s1. The lowest BCUT2D eigenvalue weighted by atomic mass is 10.2. The predicted octanol–water partition coefficient (Wildman–Crippen LogP) is -0.825. The van der Waals surface area contributed by atoms with E-state index in [1.165, 1.54) is 0 Å². The van der Waals surface area contributed by atoms with Crippen molar-refractivity contribution >= 4 is 24.3 Å². The fraction of sp³-hybridized carbons (Fsp3) is 0.750. The van der Waals surface area contributed by atoms with Crippen LogP contribution >= 0.6 is 12.4 Å². The zero-order chi connectivity index (χ0) is 13.3. The lowest BCUT2D eigenvalue weighted by Crippen LogP contribution is -2.36. The van der Waals surface area contributed by atoms with Gasteiger partial charge in [-0.2, -0.15) is 0 Å². The molecule has 0 heterocycles. The van der Waals surface area contributed by atoms with Gasteiger partial charge in [-0.1, -0.05) is 5.43 Å². The third-order valence-corrected chi connectivity index (χ3v) is 1.75. The van der Waals surface area contributed by atoms with Crippen LogP contribution in [0.2, 0.25) is 0 Å². The van der Waals surface area contributed by atoms with Crippen LogP contribution in [0.15, 0.2) is 4.99 Å². The first kappa shape index (κ1) is 18.7. The van der Waals surface area contributed by atoms with E-state index in [4.69, 9.17) is 16.2 Å². The smallest absolute Gasteiger partial charge is 0.322 e. The maximum absolute atomic E-state index is 11.1. The highest BCUT2D eigenvalue weighted by atomic mass is 35.5. The highest BCUT2D eigenvalue weighted by Gasteiger charge is 2.13. The van der Waals surface area contributed by atoms with E-state index in [-0.39, 0.29) is 31.5 Å². The quantitative estimate of drug-likeness (QED) is 0.138. The summed E-state index contributed by atoms with van der Waals surface area (Å²) in [7, 11) is 0. The summed E-state index contributed by atoms with van der Waals surface area (Å²) >= 11 is 0. The van der Waals surface area contributed by atoms with E-state index in [9.17, 15) is 14.9 Å². The Morgan fingerprint density at radius 3 is 2.72 bits per heavy atom. The summed E-state index contributed by atoms with van der Waals surface area (Å²) in [6.07, 6.45) is 0.869. The van der Waals surface area contributed by atoms with Crippen molar-refractivity contribution in [3.63, 3.8) is 0 Å². The van der Waals surface area contributed by atoms with Crippen LogP contribution in [0.5, 0.6) is 0 Å². The van der Waals surface area contributed by atoms with Crippen molar-refractivity contribution in [2.24, 2.45) is 16.5 Å². The number of aliphatic imine (C=N–C) groups is 1. The molecule has 0 saturated carbocycles. The van der Waals surface area contributed by atoms with Gasteiger partial charge in [-0.05, 0) is 19.8 Å². The Morgan fingerprint density at radius 2 is 2.22 bits per heavy atom. The molecule has 0 aliphatic heterocycles. The van der Waals surface area contributed by atoms with Gasteiger partial charge in [-0.25, -0.2) is 15.1 Å². The molecule has 0 rings (SSSR count). The number of carbonyl (C=O) groups excluding carboxylic acids is 1. The van der Waals surface area contributed by atoms with Gasteiger partial charge in [0.1, 0.15) is 6.04 Å². The van der Waals surface area contributed by atoms with Gasteiger partial charge in [0, 0.05) is 6.54 Å². The largest absolute Gasteiger partial charge is 0.465 e. The second-order valence-electron chi connectivity index (χ2n) is 3.14. The molecule has 0 unspecified atom stereocenters. The highest BCUT2D eigenvalue weighted by Crippen LogP contribution is 1.97. The predicted molar refractivity (Wildman–Crippen MR) is 67.7 cm³/mol. The molecule has 0 aromatic carbocycles. The van der Waals surface area contributed by atoms with E-state index in [1.54, 1.807) is 12.3 Å². The van der Waals surface area contributed by atoms with E-state index < -0.39 is 17.0 Å². The molecule has 0 fully saturated rings. The number of hydrogen-bond acceptors (Lipinski definition) is 6. The van der Waals surface area contributed by atoms with Crippen LogP contribution in [0, 0.1) is 10.1 Å². The average molecular weight is 284 g/mol. The molecule has 10 heteroatoms. The fourth-order valence-electron chi connectivity index (χ4n) is 1.01. The maximum Gasteiger partial charge on any atom is 0.322 e. The van der Waals surface area contributed by atoms with Crippen LogP contribution in [-0.4, -0.2) is 36.2 Å². The summed E-state index contributed by atoms with van der Waals surface area (Å²) < 4.78 is 4.71. The van der Waals surface area contributed by atoms with Crippen molar-refractivity contribution in [1.29, 1.82) is 0 Å². The number of guanidine groups is 1. The van der Waals surface area contributed by atoms with Crippen molar-refractivity contribution in [2.45, 2.75) is 25.8 Å². The van der Waals surface area contributed by atoms with E-state index in [1.807, 2.05) is 0 Å². The Morgan fingerprint density at radius 1 is 1.61 bits per heavy atom. The van der Waals surface area contributed by atoms with Gasteiger partial charge >= 0.3 is 5.97 Å². The summed E-state index contributed by atoms with van der Waals surface area (Å²) in [5.41, 5.74) is 12.4. The van der Waals surface area contributed by atoms with Crippen LogP contribution in [0.3, 0.4) is 0 Å². The number of nitrogens with zero attached hydrogens (tertiary/aromatic N) is 2. The summed E-state index contributed by atoms with van der Waals surface area (Å²) in [5.74, 6) is -0.743. The topological polar surface area (TPSA) is 146 Å². The summed E-state index contributed by atoms with van der Waals surface area (Å²) in [5, 5.41) is 9.16. The molecule has 0 aromatic heterocycles. The third kappa shape index (κ3) is 9.60. The van der Waals surface area contributed by atoms with E-state index in [0.717, 1.165) is 0 Å². The zero-order valence-electron chi connectivity index (χ0n) is 10.00. The molecule has 0 saturated heterocycles. The molecule has 1 atom stereocenters. The second kappa shape index (κ2) is 10.5. The van der Waals surface area contributed by atoms with Gasteiger partial charge in [0.15, 0.2) is 5.03 Å². The normalized spacial score (nSPS) is 12.2. The van der Waals surface area contributed by atoms with Gasteiger partial charge < -0.3 is 16.2 Å².